The summed E-state index contributed by atoms with van der Waals surface area (Å²) in [5, 5.41) is 5.88. The van der Waals surface area contributed by atoms with Crippen LogP contribution in [-0.4, -0.2) is 6.54 Å². The Morgan fingerprint density at radius 2 is 1.65 bits per heavy atom. The van der Waals surface area contributed by atoms with Crippen molar-refractivity contribution in [1.29, 1.82) is 0 Å². The van der Waals surface area contributed by atoms with Gasteiger partial charge in [0.2, 0.25) is 0 Å². The van der Waals surface area contributed by atoms with Gasteiger partial charge in [0.15, 0.2) is 0 Å². The van der Waals surface area contributed by atoms with Crippen molar-refractivity contribution in [1.82, 2.24) is 5.32 Å². The minimum atomic E-state index is 0.583. The minimum absolute atomic E-state index is 0.583. The Bertz CT molecular complexity index is 332. The molecule has 1 unspecified atom stereocenters. The van der Waals surface area contributed by atoms with E-state index in [1.165, 1.54) is 63.4 Å². The summed E-state index contributed by atoms with van der Waals surface area (Å²) < 4.78 is 0. The molecular weight excluding hydrogens is 262 g/mol. The van der Waals surface area contributed by atoms with Gasteiger partial charge in [0.1, 0.15) is 0 Å². The van der Waals surface area contributed by atoms with Crippen LogP contribution in [0.4, 0.5) is 0 Å². The molecule has 0 aliphatic heterocycles. The predicted octanol–water partition coefficient (Wildman–Crippen LogP) is 6.24. The lowest BCUT2D eigenvalue weighted by Crippen LogP contribution is -2.20. The fourth-order valence-electron chi connectivity index (χ4n) is 2.80. The maximum absolute atomic E-state index is 3.66. The molecule has 116 valence electrons. The summed E-state index contributed by atoms with van der Waals surface area (Å²) in [7, 11) is 0. The van der Waals surface area contributed by atoms with E-state index in [1.54, 1.807) is 4.88 Å². The van der Waals surface area contributed by atoms with Crippen LogP contribution in [0.5, 0.6) is 0 Å². The summed E-state index contributed by atoms with van der Waals surface area (Å²) in [6, 6.07) is 2.83. The maximum atomic E-state index is 3.66. The van der Waals surface area contributed by atoms with E-state index in [0.29, 0.717) is 6.04 Å². The zero-order valence-corrected chi connectivity index (χ0v) is 14.5. The van der Waals surface area contributed by atoms with Crippen LogP contribution in [-0.2, 0) is 0 Å². The molecule has 20 heavy (non-hydrogen) atoms. The van der Waals surface area contributed by atoms with Crippen LogP contribution in [0.2, 0.25) is 0 Å². The monoisotopic (exact) mass is 295 g/mol. The zero-order valence-electron chi connectivity index (χ0n) is 13.7. The summed E-state index contributed by atoms with van der Waals surface area (Å²) in [6.07, 6.45) is 12.6. The molecule has 2 heteroatoms. The van der Waals surface area contributed by atoms with Gasteiger partial charge in [-0.15, -0.1) is 11.3 Å². The van der Waals surface area contributed by atoms with Gasteiger partial charge in [-0.3, -0.25) is 0 Å². The summed E-state index contributed by atoms with van der Waals surface area (Å²) in [4.78, 5) is 1.55. The molecule has 1 aromatic rings. The van der Waals surface area contributed by atoms with E-state index in [4.69, 9.17) is 0 Å². The van der Waals surface area contributed by atoms with E-state index < -0.39 is 0 Å². The molecule has 0 saturated heterocycles. The molecule has 1 aromatic heterocycles. The standard InChI is InChI=1S/C18H33NS/c1-4-6-7-8-9-10-11-12-13-17(19-5-2)18-16(3)14-15-20-18/h14-15,17,19H,4-13H2,1-3H3. The van der Waals surface area contributed by atoms with E-state index >= 15 is 0 Å². The highest BCUT2D eigenvalue weighted by Crippen LogP contribution is 2.28. The van der Waals surface area contributed by atoms with Crippen LogP contribution in [0, 0.1) is 6.92 Å². The molecule has 1 heterocycles. The summed E-state index contributed by atoms with van der Waals surface area (Å²) in [5.41, 5.74) is 1.46. The van der Waals surface area contributed by atoms with Crippen molar-refractivity contribution in [2.75, 3.05) is 6.54 Å². The van der Waals surface area contributed by atoms with Crippen LogP contribution >= 0.6 is 11.3 Å². The Balaban J connectivity index is 2.16. The van der Waals surface area contributed by atoms with Gasteiger partial charge >= 0.3 is 0 Å². The minimum Gasteiger partial charge on any atom is -0.310 e. The van der Waals surface area contributed by atoms with Crippen molar-refractivity contribution in [3.8, 4) is 0 Å². The van der Waals surface area contributed by atoms with Gasteiger partial charge in [0.05, 0.1) is 0 Å². The maximum Gasteiger partial charge on any atom is 0.0417 e. The highest BCUT2D eigenvalue weighted by Gasteiger charge is 2.13. The first-order valence-corrected chi connectivity index (χ1v) is 9.44. The van der Waals surface area contributed by atoms with Crippen LogP contribution in [0.3, 0.4) is 0 Å². The highest BCUT2D eigenvalue weighted by atomic mass is 32.1. The Hall–Kier alpha value is -0.340. The summed E-state index contributed by atoms with van der Waals surface area (Å²) in [6.45, 7) is 7.81. The quantitative estimate of drug-likeness (QED) is 0.450. The summed E-state index contributed by atoms with van der Waals surface area (Å²) in [5.74, 6) is 0. The number of unbranched alkanes of at least 4 members (excludes halogenated alkanes) is 7. The largest absolute Gasteiger partial charge is 0.310 e. The Morgan fingerprint density at radius 3 is 2.20 bits per heavy atom. The van der Waals surface area contributed by atoms with Crippen molar-refractivity contribution in [3.63, 3.8) is 0 Å². The molecule has 1 N–H and O–H groups in total. The molecule has 0 spiro atoms. The second kappa shape index (κ2) is 11.3. The number of aryl methyl sites for hydroxylation is 1. The van der Waals surface area contributed by atoms with E-state index in [2.05, 4.69) is 37.5 Å². The van der Waals surface area contributed by atoms with Crippen LogP contribution in [0.15, 0.2) is 11.4 Å². The topological polar surface area (TPSA) is 12.0 Å². The van der Waals surface area contributed by atoms with Gasteiger partial charge in [0.25, 0.3) is 0 Å². The first-order valence-electron chi connectivity index (χ1n) is 8.57. The molecule has 1 rings (SSSR count). The summed E-state index contributed by atoms with van der Waals surface area (Å²) >= 11 is 1.91. The average molecular weight is 296 g/mol. The number of thiophene rings is 1. The first-order chi connectivity index (χ1) is 9.79. The molecule has 0 aliphatic carbocycles. The third kappa shape index (κ3) is 6.90. The molecule has 1 nitrogen and oxygen atoms in total. The molecule has 0 aliphatic rings. The van der Waals surface area contributed by atoms with Crippen molar-refractivity contribution < 1.29 is 0 Å². The van der Waals surface area contributed by atoms with Crippen molar-refractivity contribution in [3.05, 3.63) is 21.9 Å². The first kappa shape index (κ1) is 17.7. The molecular formula is C18H33NS. The lowest BCUT2D eigenvalue weighted by atomic mass is 10.0. The molecule has 1 atom stereocenters. The molecule has 0 fully saturated rings. The van der Waals surface area contributed by atoms with Crippen molar-refractivity contribution >= 4 is 11.3 Å². The van der Waals surface area contributed by atoms with Crippen LogP contribution < -0.4 is 5.32 Å². The second-order valence-electron chi connectivity index (χ2n) is 5.84. The SMILES string of the molecule is CCCCCCCCCCC(NCC)c1sccc1C. The Kier molecular flexibility index (Phi) is 10.0. The number of hydrogen-bond acceptors (Lipinski definition) is 2. The van der Waals surface area contributed by atoms with Crippen molar-refractivity contribution in [2.45, 2.75) is 84.6 Å². The number of nitrogens with one attached hydrogen (secondary N) is 1. The normalized spacial score (nSPS) is 12.8. The molecule has 0 radical (unpaired) electrons. The Labute approximate surface area is 130 Å². The third-order valence-electron chi connectivity index (χ3n) is 4.02. The lowest BCUT2D eigenvalue weighted by molar-refractivity contribution is 0.479. The molecule has 0 aromatic carbocycles. The van der Waals surface area contributed by atoms with E-state index in [0.717, 1.165) is 6.54 Å². The smallest absolute Gasteiger partial charge is 0.0417 e. The highest BCUT2D eigenvalue weighted by molar-refractivity contribution is 7.10. The second-order valence-corrected chi connectivity index (χ2v) is 6.79. The third-order valence-corrected chi connectivity index (χ3v) is 5.15. The van der Waals surface area contributed by atoms with Gasteiger partial charge in [0, 0.05) is 10.9 Å². The molecule has 0 amide bonds. The van der Waals surface area contributed by atoms with E-state index in [9.17, 15) is 0 Å². The van der Waals surface area contributed by atoms with Crippen LogP contribution in [0.25, 0.3) is 0 Å². The van der Waals surface area contributed by atoms with E-state index in [-0.39, 0.29) is 0 Å². The Morgan fingerprint density at radius 1 is 1.00 bits per heavy atom. The van der Waals surface area contributed by atoms with Gasteiger partial charge in [-0.2, -0.15) is 0 Å². The number of rotatable bonds is 12. The fourth-order valence-corrected chi connectivity index (χ4v) is 3.83. The lowest BCUT2D eigenvalue weighted by Gasteiger charge is -2.17. The van der Waals surface area contributed by atoms with E-state index in [1.807, 2.05) is 11.3 Å². The predicted molar refractivity (Wildman–Crippen MR) is 92.7 cm³/mol. The average Bonchev–Trinajstić information content (AvgIpc) is 2.87. The van der Waals surface area contributed by atoms with Gasteiger partial charge in [-0.1, -0.05) is 65.2 Å². The number of hydrogen-bond donors (Lipinski definition) is 1. The van der Waals surface area contributed by atoms with Crippen LogP contribution in [0.1, 0.15) is 88.1 Å². The van der Waals surface area contributed by atoms with Crippen molar-refractivity contribution in [2.24, 2.45) is 0 Å². The van der Waals surface area contributed by atoms with Gasteiger partial charge in [-0.25, -0.2) is 0 Å². The molecule has 0 bridgehead atoms. The molecule has 0 saturated carbocycles. The zero-order chi connectivity index (χ0) is 14.6. The van der Waals surface area contributed by atoms with Gasteiger partial charge < -0.3 is 5.32 Å². The fraction of sp³-hybridized carbons (Fsp3) is 0.778. The van der Waals surface area contributed by atoms with Gasteiger partial charge in [-0.05, 0) is 36.9 Å².